The van der Waals surface area contributed by atoms with Crippen LogP contribution in [0.5, 0.6) is 0 Å². The maximum atomic E-state index is 10.4. The molecule has 1 aliphatic heterocycles. The normalized spacial score (nSPS) is 22.1. The summed E-state index contributed by atoms with van der Waals surface area (Å²) in [6, 6.07) is 8.16. The van der Waals surface area contributed by atoms with Gasteiger partial charge in [-0.1, -0.05) is 45.0 Å². The number of aryl methyl sites for hydroxylation is 1. The van der Waals surface area contributed by atoms with Gasteiger partial charge in [0, 0.05) is 13.1 Å². The van der Waals surface area contributed by atoms with Gasteiger partial charge in [0.05, 0.1) is 6.10 Å². The van der Waals surface area contributed by atoms with Crippen molar-refractivity contribution in [1.82, 2.24) is 4.90 Å². The summed E-state index contributed by atoms with van der Waals surface area (Å²) in [5.74, 6) is 0.790. The lowest BCUT2D eigenvalue weighted by Gasteiger charge is -2.27. The summed E-state index contributed by atoms with van der Waals surface area (Å²) in [6.45, 7) is 12.5. The zero-order valence-electron chi connectivity index (χ0n) is 13.4. The number of rotatable bonds is 4. The van der Waals surface area contributed by atoms with Crippen molar-refractivity contribution in [1.29, 1.82) is 0 Å². The van der Waals surface area contributed by atoms with Crippen LogP contribution in [0.25, 0.3) is 0 Å². The van der Waals surface area contributed by atoms with Crippen LogP contribution >= 0.6 is 0 Å². The molecule has 0 aliphatic carbocycles. The molecule has 1 aliphatic rings. The fourth-order valence-electron chi connectivity index (χ4n) is 3.16. The van der Waals surface area contributed by atoms with E-state index in [4.69, 9.17) is 0 Å². The monoisotopic (exact) mass is 275 g/mol. The number of aliphatic hydroxyl groups excluding tert-OH is 1. The van der Waals surface area contributed by atoms with Crippen LogP contribution in [0, 0.1) is 18.3 Å². The first-order chi connectivity index (χ1) is 9.38. The average molecular weight is 275 g/mol. The van der Waals surface area contributed by atoms with E-state index in [-0.39, 0.29) is 6.10 Å². The molecule has 1 N–H and O–H groups in total. The molecule has 1 aromatic carbocycles. The molecule has 0 aromatic heterocycles. The Hall–Kier alpha value is -0.860. The van der Waals surface area contributed by atoms with E-state index in [1.807, 2.05) is 18.2 Å². The summed E-state index contributed by atoms with van der Waals surface area (Å²) >= 11 is 0. The topological polar surface area (TPSA) is 23.5 Å². The van der Waals surface area contributed by atoms with Gasteiger partial charge in [0.1, 0.15) is 0 Å². The summed E-state index contributed by atoms with van der Waals surface area (Å²) in [5.41, 5.74) is 2.68. The van der Waals surface area contributed by atoms with E-state index < -0.39 is 0 Å². The summed E-state index contributed by atoms with van der Waals surface area (Å²) in [5, 5.41) is 10.4. The number of likely N-dealkylation sites (tertiary alicyclic amines) is 1. The van der Waals surface area contributed by atoms with Crippen LogP contribution in [0.15, 0.2) is 24.3 Å². The third-order valence-electron chi connectivity index (χ3n) is 4.76. The van der Waals surface area contributed by atoms with Gasteiger partial charge in [0.2, 0.25) is 0 Å². The van der Waals surface area contributed by atoms with Crippen molar-refractivity contribution in [2.75, 3.05) is 19.6 Å². The lowest BCUT2D eigenvalue weighted by molar-refractivity contribution is 0.144. The molecule has 1 saturated heterocycles. The van der Waals surface area contributed by atoms with Crippen molar-refractivity contribution in [3.8, 4) is 0 Å². The predicted molar refractivity (Wildman–Crippen MR) is 84.8 cm³/mol. The molecule has 112 valence electrons. The van der Waals surface area contributed by atoms with Gasteiger partial charge >= 0.3 is 0 Å². The molecule has 20 heavy (non-hydrogen) atoms. The van der Waals surface area contributed by atoms with Gasteiger partial charge in [0.25, 0.3) is 0 Å². The molecular weight excluding hydrogens is 246 g/mol. The number of hydrogen-bond donors (Lipinski definition) is 1. The quantitative estimate of drug-likeness (QED) is 0.904. The van der Waals surface area contributed by atoms with Gasteiger partial charge in [-0.25, -0.2) is 0 Å². The summed E-state index contributed by atoms with van der Waals surface area (Å²) in [6.07, 6.45) is 1.80. The minimum atomic E-state index is -0.329. The van der Waals surface area contributed by atoms with Crippen molar-refractivity contribution in [2.45, 2.75) is 46.6 Å². The Morgan fingerprint density at radius 3 is 2.60 bits per heavy atom. The minimum absolute atomic E-state index is 0.329. The highest BCUT2D eigenvalue weighted by Crippen LogP contribution is 2.34. The van der Waals surface area contributed by atoms with Crippen LogP contribution in [0.1, 0.15) is 50.8 Å². The highest BCUT2D eigenvalue weighted by Gasteiger charge is 2.31. The van der Waals surface area contributed by atoms with Gasteiger partial charge in [-0.3, -0.25) is 0 Å². The molecule has 2 atom stereocenters. The van der Waals surface area contributed by atoms with Crippen LogP contribution in [0.2, 0.25) is 0 Å². The van der Waals surface area contributed by atoms with Crippen LogP contribution in [-0.2, 0) is 0 Å². The predicted octanol–water partition coefficient (Wildman–Crippen LogP) is 3.79. The van der Waals surface area contributed by atoms with Gasteiger partial charge in [0.15, 0.2) is 0 Å². The van der Waals surface area contributed by atoms with E-state index in [0.29, 0.717) is 5.41 Å². The van der Waals surface area contributed by atoms with Crippen LogP contribution < -0.4 is 0 Å². The third kappa shape index (κ3) is 3.83. The molecule has 0 radical (unpaired) electrons. The summed E-state index contributed by atoms with van der Waals surface area (Å²) in [7, 11) is 0. The molecule has 1 heterocycles. The van der Waals surface area contributed by atoms with Crippen LogP contribution in [0.4, 0.5) is 0 Å². The number of benzene rings is 1. The molecular formula is C18H29NO. The number of aliphatic hydroxyl groups is 1. The molecule has 0 spiro atoms. The van der Waals surface area contributed by atoms with Crippen molar-refractivity contribution < 1.29 is 5.11 Å². The first-order valence-electron chi connectivity index (χ1n) is 7.84. The number of hydrogen-bond acceptors (Lipinski definition) is 2. The Labute approximate surface area is 123 Å². The Bertz CT molecular complexity index is 435. The second-order valence-corrected chi connectivity index (χ2v) is 7.31. The highest BCUT2D eigenvalue weighted by molar-refractivity contribution is 5.27. The molecule has 1 fully saturated rings. The van der Waals surface area contributed by atoms with E-state index in [9.17, 15) is 5.11 Å². The average Bonchev–Trinajstić information content (AvgIpc) is 2.85. The number of nitrogens with zero attached hydrogens (tertiary/aromatic N) is 1. The molecule has 0 saturated carbocycles. The minimum Gasteiger partial charge on any atom is -0.388 e. The first-order valence-corrected chi connectivity index (χ1v) is 7.84. The second kappa shape index (κ2) is 6.28. The van der Waals surface area contributed by atoms with E-state index in [1.54, 1.807) is 0 Å². The van der Waals surface area contributed by atoms with Crippen molar-refractivity contribution in [2.24, 2.45) is 11.3 Å². The molecule has 0 amide bonds. The Balaban J connectivity index is 1.83. The van der Waals surface area contributed by atoms with Crippen LogP contribution in [0.3, 0.4) is 0 Å². The maximum absolute atomic E-state index is 10.4. The van der Waals surface area contributed by atoms with Gasteiger partial charge in [-0.15, -0.1) is 0 Å². The summed E-state index contributed by atoms with van der Waals surface area (Å²) < 4.78 is 0. The molecule has 0 bridgehead atoms. The Morgan fingerprint density at radius 1 is 1.30 bits per heavy atom. The van der Waals surface area contributed by atoms with Crippen molar-refractivity contribution in [3.63, 3.8) is 0 Å². The van der Waals surface area contributed by atoms with Crippen molar-refractivity contribution >= 4 is 0 Å². The Morgan fingerprint density at radius 2 is 2.00 bits per heavy atom. The zero-order valence-corrected chi connectivity index (χ0v) is 13.4. The molecule has 1 aromatic rings. The second-order valence-electron chi connectivity index (χ2n) is 7.31. The fraction of sp³-hybridized carbons (Fsp3) is 0.667. The first kappa shape index (κ1) is 15.5. The molecule has 2 heteroatoms. The lowest BCUT2D eigenvalue weighted by atomic mass is 9.80. The molecule has 2 unspecified atom stereocenters. The van der Waals surface area contributed by atoms with Gasteiger partial charge in [-0.05, 0) is 48.8 Å². The lowest BCUT2D eigenvalue weighted by Crippen LogP contribution is -2.27. The van der Waals surface area contributed by atoms with E-state index in [1.165, 1.54) is 25.1 Å². The highest BCUT2D eigenvalue weighted by atomic mass is 16.3. The smallest absolute Gasteiger partial charge is 0.0804 e. The third-order valence-corrected chi connectivity index (χ3v) is 4.76. The maximum Gasteiger partial charge on any atom is 0.0804 e. The summed E-state index contributed by atoms with van der Waals surface area (Å²) in [4.78, 5) is 2.51. The largest absolute Gasteiger partial charge is 0.388 e. The van der Waals surface area contributed by atoms with Gasteiger partial charge in [-0.2, -0.15) is 0 Å². The van der Waals surface area contributed by atoms with E-state index in [2.05, 4.69) is 38.7 Å². The SMILES string of the molecule is Cc1ccccc1C(O)CCN1CCC(C(C)(C)C)C1. The molecule has 2 nitrogen and oxygen atoms in total. The van der Waals surface area contributed by atoms with E-state index in [0.717, 1.165) is 24.4 Å². The van der Waals surface area contributed by atoms with Crippen molar-refractivity contribution in [3.05, 3.63) is 35.4 Å². The molecule has 2 rings (SSSR count). The van der Waals surface area contributed by atoms with Gasteiger partial charge < -0.3 is 10.0 Å². The Kier molecular flexibility index (Phi) is 4.87. The van der Waals surface area contributed by atoms with E-state index >= 15 is 0 Å². The standard InChI is InChI=1S/C18H29NO/c1-14-7-5-6-8-16(14)17(20)10-12-19-11-9-15(13-19)18(2,3)4/h5-8,15,17,20H,9-13H2,1-4H3. The fourth-order valence-corrected chi connectivity index (χ4v) is 3.16. The zero-order chi connectivity index (χ0) is 14.8. The van der Waals surface area contributed by atoms with Crippen LogP contribution in [-0.4, -0.2) is 29.6 Å².